The largest absolute Gasteiger partial charge is 0.480 e. The molecule has 0 spiro atoms. The molecule has 0 aromatic rings. The Morgan fingerprint density at radius 1 is 1.56 bits per heavy atom. The maximum Gasteiger partial charge on any atom is 0.326 e. The zero-order chi connectivity index (χ0) is 12.1. The number of rotatable bonds is 4. The van der Waals surface area contributed by atoms with Crippen molar-refractivity contribution in [2.24, 2.45) is 0 Å². The first-order valence-corrected chi connectivity index (χ1v) is 4.90. The van der Waals surface area contributed by atoms with Crippen LogP contribution in [0.1, 0.15) is 6.42 Å². The van der Waals surface area contributed by atoms with Crippen molar-refractivity contribution in [1.29, 1.82) is 0 Å². The van der Waals surface area contributed by atoms with Crippen molar-refractivity contribution in [3.63, 3.8) is 0 Å². The molecule has 6 nitrogen and oxygen atoms in total. The van der Waals surface area contributed by atoms with E-state index in [1.165, 1.54) is 0 Å². The van der Waals surface area contributed by atoms with Crippen LogP contribution in [0.4, 0.5) is 0 Å². The van der Waals surface area contributed by atoms with Crippen LogP contribution in [0.15, 0.2) is 0 Å². The highest BCUT2D eigenvalue weighted by atomic mass is 16.4. The second kappa shape index (κ2) is 5.49. The number of likely N-dealkylation sites (tertiary alicyclic amines) is 1. The average molecular weight is 226 g/mol. The van der Waals surface area contributed by atoms with Crippen molar-refractivity contribution >= 4 is 11.9 Å². The highest BCUT2D eigenvalue weighted by Gasteiger charge is 2.38. The lowest BCUT2D eigenvalue weighted by molar-refractivity contribution is -0.147. The van der Waals surface area contributed by atoms with Gasteiger partial charge < -0.3 is 15.1 Å². The SMILES string of the molecule is C#CCNCC(=O)N1C[C@@H](O)C[C@H]1C(=O)O. The second-order valence-corrected chi connectivity index (χ2v) is 3.60. The summed E-state index contributed by atoms with van der Waals surface area (Å²) in [6.07, 6.45) is 4.31. The Labute approximate surface area is 93.2 Å². The minimum Gasteiger partial charge on any atom is -0.480 e. The van der Waals surface area contributed by atoms with Gasteiger partial charge in [0.1, 0.15) is 6.04 Å². The molecule has 0 aliphatic carbocycles. The van der Waals surface area contributed by atoms with Gasteiger partial charge in [0.25, 0.3) is 0 Å². The molecule has 0 radical (unpaired) electrons. The maximum absolute atomic E-state index is 11.6. The fourth-order valence-corrected chi connectivity index (χ4v) is 1.67. The molecular formula is C10H14N2O4. The topological polar surface area (TPSA) is 89.9 Å². The quantitative estimate of drug-likeness (QED) is 0.391. The number of hydrogen-bond donors (Lipinski definition) is 3. The lowest BCUT2D eigenvalue weighted by atomic mass is 10.2. The number of β-amino-alcohol motifs (C(OH)–C–C–N with tert-alkyl or cyclic N) is 1. The third-order valence-corrected chi connectivity index (χ3v) is 2.39. The number of amides is 1. The van der Waals surface area contributed by atoms with E-state index in [4.69, 9.17) is 11.5 Å². The van der Waals surface area contributed by atoms with E-state index < -0.39 is 18.1 Å². The summed E-state index contributed by atoms with van der Waals surface area (Å²) < 4.78 is 0. The number of nitrogens with one attached hydrogen (secondary N) is 1. The van der Waals surface area contributed by atoms with Crippen LogP contribution in [0.5, 0.6) is 0 Å². The van der Waals surface area contributed by atoms with Gasteiger partial charge >= 0.3 is 5.97 Å². The number of nitrogens with zero attached hydrogens (tertiary/aromatic N) is 1. The Kier molecular flexibility index (Phi) is 4.28. The molecule has 1 aliphatic rings. The fraction of sp³-hybridized carbons (Fsp3) is 0.600. The molecule has 88 valence electrons. The third kappa shape index (κ3) is 2.95. The van der Waals surface area contributed by atoms with Crippen LogP contribution in [-0.4, -0.2) is 58.8 Å². The van der Waals surface area contributed by atoms with E-state index in [9.17, 15) is 14.7 Å². The maximum atomic E-state index is 11.6. The molecule has 0 saturated carbocycles. The van der Waals surface area contributed by atoms with Crippen LogP contribution in [-0.2, 0) is 9.59 Å². The van der Waals surface area contributed by atoms with Crippen molar-refractivity contribution in [1.82, 2.24) is 10.2 Å². The molecule has 3 N–H and O–H groups in total. The molecule has 0 aromatic heterocycles. The number of carboxylic acids is 1. The third-order valence-electron chi connectivity index (χ3n) is 2.39. The zero-order valence-corrected chi connectivity index (χ0v) is 8.72. The van der Waals surface area contributed by atoms with Crippen molar-refractivity contribution in [3.05, 3.63) is 0 Å². The summed E-state index contributed by atoms with van der Waals surface area (Å²) in [6, 6.07) is -0.935. The Balaban J connectivity index is 2.54. The average Bonchev–Trinajstić information content (AvgIpc) is 2.61. The Morgan fingerprint density at radius 3 is 2.81 bits per heavy atom. The smallest absolute Gasteiger partial charge is 0.326 e. The second-order valence-electron chi connectivity index (χ2n) is 3.60. The number of terminal acetylenes is 1. The monoisotopic (exact) mass is 226 g/mol. The van der Waals surface area contributed by atoms with E-state index in [-0.39, 0.29) is 32.0 Å². The minimum atomic E-state index is -1.10. The summed E-state index contributed by atoms with van der Waals surface area (Å²) in [5.41, 5.74) is 0. The van der Waals surface area contributed by atoms with Crippen LogP contribution in [0.25, 0.3) is 0 Å². The lowest BCUT2D eigenvalue weighted by Gasteiger charge is -2.20. The van der Waals surface area contributed by atoms with E-state index >= 15 is 0 Å². The van der Waals surface area contributed by atoms with Gasteiger partial charge in [-0.25, -0.2) is 4.79 Å². The fourth-order valence-electron chi connectivity index (χ4n) is 1.67. The number of carboxylic acid groups (broad SMARTS) is 1. The van der Waals surface area contributed by atoms with Gasteiger partial charge in [-0.1, -0.05) is 5.92 Å². The highest BCUT2D eigenvalue weighted by Crippen LogP contribution is 2.17. The zero-order valence-electron chi connectivity index (χ0n) is 8.72. The minimum absolute atomic E-state index is 0.0132. The van der Waals surface area contributed by atoms with Crippen LogP contribution in [0.2, 0.25) is 0 Å². The summed E-state index contributed by atoms with van der Waals surface area (Å²) in [4.78, 5) is 23.6. The molecule has 1 amide bonds. The van der Waals surface area contributed by atoms with Gasteiger partial charge in [-0.3, -0.25) is 10.1 Å². The predicted octanol–water partition coefficient (Wildman–Crippen LogP) is -1.74. The van der Waals surface area contributed by atoms with Gasteiger partial charge in [0, 0.05) is 13.0 Å². The molecule has 1 heterocycles. The number of aliphatic hydroxyl groups excluding tert-OH is 1. The number of aliphatic hydroxyl groups is 1. The standard InChI is InChI=1S/C10H14N2O4/c1-2-3-11-5-9(14)12-6-7(13)4-8(12)10(15)16/h1,7-8,11,13H,3-6H2,(H,15,16)/t7-,8-/m0/s1. The van der Waals surface area contributed by atoms with Crippen LogP contribution in [0.3, 0.4) is 0 Å². The van der Waals surface area contributed by atoms with E-state index in [0.717, 1.165) is 4.90 Å². The summed E-state index contributed by atoms with van der Waals surface area (Å²) in [5.74, 6) is 0.851. The van der Waals surface area contributed by atoms with Crippen LogP contribution >= 0.6 is 0 Å². The van der Waals surface area contributed by atoms with Gasteiger partial charge in [0.15, 0.2) is 0 Å². The van der Waals surface area contributed by atoms with Gasteiger partial charge in [-0.2, -0.15) is 0 Å². The summed E-state index contributed by atoms with van der Waals surface area (Å²) in [5, 5.41) is 20.9. The van der Waals surface area contributed by atoms with Crippen LogP contribution in [0, 0.1) is 12.3 Å². The summed E-state index contributed by atoms with van der Waals surface area (Å²) in [7, 11) is 0. The molecule has 0 aromatic carbocycles. The first-order chi connectivity index (χ1) is 7.56. The molecule has 1 fully saturated rings. The molecule has 6 heteroatoms. The Bertz CT molecular complexity index is 323. The van der Waals surface area contributed by atoms with Crippen LogP contribution < -0.4 is 5.32 Å². The highest BCUT2D eigenvalue weighted by molar-refractivity contribution is 5.85. The Hall–Kier alpha value is -1.58. The van der Waals surface area contributed by atoms with Gasteiger partial charge in [0.2, 0.25) is 5.91 Å². The first-order valence-electron chi connectivity index (χ1n) is 4.90. The molecule has 0 bridgehead atoms. The van der Waals surface area contributed by atoms with E-state index in [0.29, 0.717) is 0 Å². The van der Waals surface area contributed by atoms with Crippen molar-refractivity contribution in [3.8, 4) is 12.3 Å². The number of carbonyl (C=O) groups is 2. The number of hydrogen-bond acceptors (Lipinski definition) is 4. The number of carbonyl (C=O) groups excluding carboxylic acids is 1. The normalized spacial score (nSPS) is 24.1. The van der Waals surface area contributed by atoms with E-state index in [1.807, 2.05) is 0 Å². The molecule has 1 rings (SSSR count). The molecule has 1 saturated heterocycles. The van der Waals surface area contributed by atoms with E-state index in [1.54, 1.807) is 0 Å². The summed E-state index contributed by atoms with van der Waals surface area (Å²) in [6.45, 7) is 0.300. The van der Waals surface area contributed by atoms with E-state index in [2.05, 4.69) is 11.2 Å². The van der Waals surface area contributed by atoms with Gasteiger partial charge in [-0.05, 0) is 0 Å². The number of aliphatic carboxylic acids is 1. The molecule has 16 heavy (non-hydrogen) atoms. The first kappa shape index (κ1) is 12.5. The van der Waals surface area contributed by atoms with Crippen molar-refractivity contribution < 1.29 is 19.8 Å². The van der Waals surface area contributed by atoms with Gasteiger partial charge in [-0.15, -0.1) is 6.42 Å². The van der Waals surface area contributed by atoms with Gasteiger partial charge in [0.05, 0.1) is 19.2 Å². The Morgan fingerprint density at radius 2 is 2.25 bits per heavy atom. The molecule has 1 aliphatic heterocycles. The van der Waals surface area contributed by atoms with Crippen molar-refractivity contribution in [2.45, 2.75) is 18.6 Å². The molecule has 2 atom stereocenters. The summed E-state index contributed by atoms with van der Waals surface area (Å²) >= 11 is 0. The lowest BCUT2D eigenvalue weighted by Crippen LogP contribution is -2.44. The molecular weight excluding hydrogens is 212 g/mol. The predicted molar refractivity (Wildman–Crippen MR) is 55.5 cm³/mol. The molecule has 0 unspecified atom stereocenters. The van der Waals surface area contributed by atoms with Crippen molar-refractivity contribution in [2.75, 3.05) is 19.6 Å².